The highest BCUT2D eigenvalue weighted by Crippen LogP contribution is 2.39. The van der Waals surface area contributed by atoms with Gasteiger partial charge < -0.3 is 4.74 Å². The van der Waals surface area contributed by atoms with Crippen LogP contribution in [0.1, 0.15) is 0 Å². The van der Waals surface area contributed by atoms with Crippen LogP contribution in [0.25, 0.3) is 54.6 Å². The van der Waals surface area contributed by atoms with E-state index in [-0.39, 0.29) is 0 Å². The minimum Gasteiger partial charge on any atom is -0.497 e. The van der Waals surface area contributed by atoms with Gasteiger partial charge in [-0.05, 0) is 78.1 Å². The summed E-state index contributed by atoms with van der Waals surface area (Å²) >= 11 is 0. The van der Waals surface area contributed by atoms with Crippen LogP contribution in [-0.4, -0.2) is 7.11 Å². The highest BCUT2D eigenvalue weighted by Gasteiger charge is 2.16. The van der Waals surface area contributed by atoms with Crippen LogP contribution in [0.3, 0.4) is 0 Å². The number of ether oxygens (including phenoxy) is 1. The second kappa shape index (κ2) is 7.08. The fourth-order valence-electron chi connectivity index (χ4n) is 4.80. The Bertz CT molecular complexity index is 1550. The van der Waals surface area contributed by atoms with Crippen molar-refractivity contribution >= 4 is 46.9 Å². The van der Waals surface area contributed by atoms with Gasteiger partial charge in [-0.2, -0.15) is 0 Å². The van der Waals surface area contributed by atoms with Crippen molar-refractivity contribution in [3.05, 3.63) is 97.1 Å². The Balaban J connectivity index is 1.65. The first kappa shape index (κ1) is 18.4. The molecule has 0 N–H and O–H groups in total. The van der Waals surface area contributed by atoms with Gasteiger partial charge in [-0.3, -0.25) is 0 Å². The number of hydrogen-bond acceptors (Lipinski definition) is 1. The van der Waals surface area contributed by atoms with E-state index in [1.807, 2.05) is 12.1 Å². The normalized spacial score (nSPS) is 11.5. The second-order valence-electron chi connectivity index (χ2n) is 7.97. The maximum atomic E-state index is 5.35. The van der Waals surface area contributed by atoms with Crippen LogP contribution in [0.15, 0.2) is 97.1 Å². The van der Waals surface area contributed by atoms with Gasteiger partial charge in [0, 0.05) is 0 Å². The van der Waals surface area contributed by atoms with Crippen LogP contribution >= 0.6 is 9.24 Å². The monoisotopic (exact) mass is 416 g/mol. The van der Waals surface area contributed by atoms with Gasteiger partial charge in [0.1, 0.15) is 5.75 Å². The molecule has 1 atom stereocenters. The lowest BCUT2D eigenvalue weighted by molar-refractivity contribution is 0.415. The molecule has 0 amide bonds. The minimum absolute atomic E-state index is 0.871. The Kier molecular flexibility index (Phi) is 4.19. The highest BCUT2D eigenvalue weighted by atomic mass is 31.0. The van der Waals surface area contributed by atoms with Gasteiger partial charge >= 0.3 is 0 Å². The lowest BCUT2D eigenvalue weighted by Gasteiger charge is -2.18. The van der Waals surface area contributed by atoms with E-state index in [4.69, 9.17) is 4.74 Å². The quantitative estimate of drug-likeness (QED) is 0.215. The molecular weight excluding hydrogens is 395 g/mol. The van der Waals surface area contributed by atoms with Crippen LogP contribution in [-0.2, 0) is 0 Å². The molecular formula is C29H21OP. The standard InChI is InChI=1S/C29H21OP/c1-30-22-14-11-18(12-15-22)23-7-2-3-8-24(23)26-17-21-10-9-19-5-4-6-20-13-16-25(29(26)31)28(21)27(19)20/h2-17H,31H2,1H3. The summed E-state index contributed by atoms with van der Waals surface area (Å²) in [5.41, 5.74) is 4.90. The molecule has 0 aromatic heterocycles. The summed E-state index contributed by atoms with van der Waals surface area (Å²) in [5, 5.41) is 9.13. The molecule has 0 bridgehead atoms. The summed E-state index contributed by atoms with van der Waals surface area (Å²) in [5.74, 6) is 0.871. The van der Waals surface area contributed by atoms with Crippen LogP contribution in [0.4, 0.5) is 0 Å². The van der Waals surface area contributed by atoms with E-state index in [1.165, 1.54) is 59.9 Å². The van der Waals surface area contributed by atoms with Crippen molar-refractivity contribution in [1.82, 2.24) is 0 Å². The predicted octanol–water partition coefficient (Wildman–Crippen LogP) is 7.43. The van der Waals surface area contributed by atoms with E-state index in [0.29, 0.717) is 0 Å². The summed E-state index contributed by atoms with van der Waals surface area (Å²) in [6.45, 7) is 0. The highest BCUT2D eigenvalue weighted by molar-refractivity contribution is 7.29. The number of rotatable bonds is 3. The molecule has 1 nitrogen and oxygen atoms in total. The molecule has 31 heavy (non-hydrogen) atoms. The van der Waals surface area contributed by atoms with Crippen LogP contribution in [0.2, 0.25) is 0 Å². The predicted molar refractivity (Wildman–Crippen MR) is 137 cm³/mol. The smallest absolute Gasteiger partial charge is 0.118 e. The van der Waals surface area contributed by atoms with Crippen LogP contribution < -0.4 is 10.0 Å². The van der Waals surface area contributed by atoms with Crippen molar-refractivity contribution in [2.75, 3.05) is 7.11 Å². The third-order valence-electron chi connectivity index (χ3n) is 6.31. The van der Waals surface area contributed by atoms with E-state index >= 15 is 0 Å². The molecule has 6 rings (SSSR count). The molecule has 6 aromatic rings. The lowest BCUT2D eigenvalue weighted by Crippen LogP contribution is -2.02. The summed E-state index contributed by atoms with van der Waals surface area (Å²) in [4.78, 5) is 0. The molecule has 0 spiro atoms. The van der Waals surface area contributed by atoms with Crippen LogP contribution in [0.5, 0.6) is 5.75 Å². The summed E-state index contributed by atoms with van der Waals surface area (Å²) in [6, 6.07) is 34.9. The lowest BCUT2D eigenvalue weighted by atomic mass is 9.89. The van der Waals surface area contributed by atoms with E-state index in [2.05, 4.69) is 94.2 Å². The molecule has 0 heterocycles. The molecule has 6 aromatic carbocycles. The summed E-state index contributed by atoms with van der Waals surface area (Å²) in [7, 11) is 4.72. The molecule has 2 heteroatoms. The number of hydrogen-bond donors (Lipinski definition) is 0. The van der Waals surface area contributed by atoms with E-state index in [1.54, 1.807) is 7.11 Å². The van der Waals surface area contributed by atoms with Gasteiger partial charge in [-0.25, -0.2) is 0 Å². The van der Waals surface area contributed by atoms with Gasteiger partial charge in [-0.15, -0.1) is 9.24 Å². The van der Waals surface area contributed by atoms with Gasteiger partial charge in [0.05, 0.1) is 7.11 Å². The molecule has 0 saturated carbocycles. The molecule has 148 valence electrons. The van der Waals surface area contributed by atoms with Crippen LogP contribution in [0, 0.1) is 0 Å². The van der Waals surface area contributed by atoms with Gasteiger partial charge in [0.15, 0.2) is 0 Å². The number of methoxy groups -OCH3 is 1. The molecule has 0 aliphatic carbocycles. The molecule has 0 saturated heterocycles. The van der Waals surface area contributed by atoms with Crippen molar-refractivity contribution in [3.8, 4) is 28.0 Å². The van der Waals surface area contributed by atoms with E-state index in [9.17, 15) is 0 Å². The molecule has 0 fully saturated rings. The van der Waals surface area contributed by atoms with E-state index < -0.39 is 0 Å². The maximum absolute atomic E-state index is 5.35. The molecule has 0 aliphatic rings. The van der Waals surface area contributed by atoms with Crippen molar-refractivity contribution in [1.29, 1.82) is 0 Å². The fourth-order valence-corrected chi connectivity index (χ4v) is 5.27. The first-order valence-corrected chi connectivity index (χ1v) is 11.0. The van der Waals surface area contributed by atoms with Crippen molar-refractivity contribution < 1.29 is 4.74 Å². The van der Waals surface area contributed by atoms with Gasteiger partial charge in [0.2, 0.25) is 0 Å². The Morgan fingerprint density at radius 3 is 2.00 bits per heavy atom. The Labute approximate surface area is 183 Å². The first-order valence-electron chi connectivity index (χ1n) is 10.4. The van der Waals surface area contributed by atoms with Crippen molar-refractivity contribution in [2.45, 2.75) is 0 Å². The summed E-state index contributed by atoms with van der Waals surface area (Å²) < 4.78 is 5.35. The third-order valence-corrected chi connectivity index (χ3v) is 6.93. The van der Waals surface area contributed by atoms with Crippen molar-refractivity contribution in [3.63, 3.8) is 0 Å². The zero-order chi connectivity index (χ0) is 20.9. The summed E-state index contributed by atoms with van der Waals surface area (Å²) in [6.07, 6.45) is 0. The Hall–Kier alpha value is -3.41. The minimum atomic E-state index is 0.871. The average molecular weight is 416 g/mol. The Morgan fingerprint density at radius 1 is 0.581 bits per heavy atom. The maximum Gasteiger partial charge on any atom is 0.118 e. The third kappa shape index (κ3) is 2.81. The van der Waals surface area contributed by atoms with Gasteiger partial charge in [0.25, 0.3) is 0 Å². The number of benzene rings is 6. The average Bonchev–Trinajstić information content (AvgIpc) is 2.83. The molecule has 0 radical (unpaired) electrons. The molecule has 1 unspecified atom stereocenters. The zero-order valence-electron chi connectivity index (χ0n) is 17.2. The van der Waals surface area contributed by atoms with E-state index in [0.717, 1.165) is 5.75 Å². The van der Waals surface area contributed by atoms with Gasteiger partial charge in [-0.1, -0.05) is 78.9 Å². The van der Waals surface area contributed by atoms with Crippen molar-refractivity contribution in [2.24, 2.45) is 0 Å². The SMILES string of the molecule is COc1ccc(-c2ccccc2-c2cc3ccc4cccc5ccc(c2P)c3c45)cc1. The molecule has 0 aliphatic heterocycles. The first-order chi connectivity index (χ1) is 15.2. The fraction of sp³-hybridized carbons (Fsp3) is 0.0345. The topological polar surface area (TPSA) is 9.23 Å². The Morgan fingerprint density at radius 2 is 1.26 bits per heavy atom. The second-order valence-corrected chi connectivity index (χ2v) is 8.55. The zero-order valence-corrected chi connectivity index (χ0v) is 18.4. The largest absolute Gasteiger partial charge is 0.497 e.